The molecule has 1 aromatic carbocycles. The number of aromatic nitrogens is 4. The predicted molar refractivity (Wildman–Crippen MR) is 128 cm³/mol. The number of anilines is 1. The van der Waals surface area contributed by atoms with Gasteiger partial charge in [-0.15, -0.1) is 21.5 Å². The van der Waals surface area contributed by atoms with Crippen LogP contribution in [0.5, 0.6) is 0 Å². The summed E-state index contributed by atoms with van der Waals surface area (Å²) < 4.78 is 21.0. The summed E-state index contributed by atoms with van der Waals surface area (Å²) >= 11 is 3.03. The van der Waals surface area contributed by atoms with Crippen molar-refractivity contribution in [1.82, 2.24) is 24.6 Å². The third-order valence-corrected chi connectivity index (χ3v) is 7.29. The Labute approximate surface area is 200 Å². The van der Waals surface area contributed by atoms with Gasteiger partial charge in [0.15, 0.2) is 16.1 Å². The molecule has 0 unspecified atom stereocenters. The third-order valence-electron chi connectivity index (χ3n) is 5.38. The fourth-order valence-corrected chi connectivity index (χ4v) is 5.49. The smallest absolute Gasteiger partial charge is 0.225 e. The van der Waals surface area contributed by atoms with Crippen LogP contribution < -0.4 is 4.90 Å². The van der Waals surface area contributed by atoms with E-state index < -0.39 is 0 Å². The highest BCUT2D eigenvalue weighted by molar-refractivity contribution is 7.98. The molecule has 11 heteroatoms. The lowest BCUT2D eigenvalue weighted by atomic mass is 10.2. The number of benzene rings is 1. The zero-order valence-electron chi connectivity index (χ0n) is 18.7. The molecular weight excluding hydrogens is 463 g/mol. The van der Waals surface area contributed by atoms with Gasteiger partial charge < -0.3 is 9.30 Å². The van der Waals surface area contributed by atoms with E-state index in [1.165, 1.54) is 23.5 Å². The first-order chi connectivity index (χ1) is 16.0. The molecule has 1 saturated heterocycles. The Morgan fingerprint density at radius 3 is 2.67 bits per heavy atom. The van der Waals surface area contributed by atoms with Crippen LogP contribution in [0.1, 0.15) is 19.5 Å². The number of thioether (sulfide) groups is 1. The predicted octanol–water partition coefficient (Wildman–Crippen LogP) is 3.54. The quantitative estimate of drug-likeness (QED) is 0.425. The molecule has 2 aromatic heterocycles. The highest BCUT2D eigenvalue weighted by Crippen LogP contribution is 2.29. The van der Waals surface area contributed by atoms with Gasteiger partial charge in [-0.3, -0.25) is 14.6 Å². The molecule has 0 bridgehead atoms. The monoisotopic (exact) mass is 490 g/mol. The molecule has 0 N–H and O–H groups in total. The fraction of sp³-hybridized carbons (Fsp3) is 0.455. The summed E-state index contributed by atoms with van der Waals surface area (Å²) in [5.41, 5.74) is 1.72. The fourth-order valence-electron chi connectivity index (χ4n) is 3.59. The van der Waals surface area contributed by atoms with E-state index in [4.69, 9.17) is 4.74 Å². The van der Waals surface area contributed by atoms with Crippen LogP contribution in [0.3, 0.4) is 0 Å². The van der Waals surface area contributed by atoms with Crippen molar-refractivity contribution in [3.8, 4) is 11.4 Å². The summed E-state index contributed by atoms with van der Waals surface area (Å²) in [6, 6.07) is 6.34. The topological polar surface area (TPSA) is 76.4 Å². The molecule has 1 fully saturated rings. The lowest BCUT2D eigenvalue weighted by Gasteiger charge is -2.27. The molecule has 33 heavy (non-hydrogen) atoms. The molecule has 3 aromatic rings. The van der Waals surface area contributed by atoms with Crippen LogP contribution in [0.15, 0.2) is 34.8 Å². The second kappa shape index (κ2) is 11.2. The van der Waals surface area contributed by atoms with Crippen LogP contribution in [-0.4, -0.2) is 69.9 Å². The van der Waals surface area contributed by atoms with Crippen molar-refractivity contribution in [2.24, 2.45) is 0 Å². The van der Waals surface area contributed by atoms with E-state index in [1.54, 1.807) is 35.7 Å². The normalized spacial score (nSPS) is 14.5. The van der Waals surface area contributed by atoms with Crippen molar-refractivity contribution in [3.63, 3.8) is 0 Å². The first-order valence-electron chi connectivity index (χ1n) is 10.9. The number of morpholine rings is 1. The Morgan fingerprint density at radius 2 is 1.97 bits per heavy atom. The van der Waals surface area contributed by atoms with Crippen LogP contribution >= 0.6 is 23.1 Å². The van der Waals surface area contributed by atoms with Crippen molar-refractivity contribution >= 4 is 34.1 Å². The first-order valence-corrected chi connectivity index (χ1v) is 12.8. The van der Waals surface area contributed by atoms with Gasteiger partial charge in [0.25, 0.3) is 0 Å². The number of ether oxygens (including phenoxy) is 1. The number of nitrogens with zero attached hydrogens (tertiary/aromatic N) is 6. The summed E-state index contributed by atoms with van der Waals surface area (Å²) in [5, 5.41) is 12.3. The second-order valence-corrected chi connectivity index (χ2v) is 9.37. The van der Waals surface area contributed by atoms with E-state index in [0.717, 1.165) is 61.6 Å². The van der Waals surface area contributed by atoms with Gasteiger partial charge in [0.2, 0.25) is 5.91 Å². The average Bonchev–Trinajstić information content (AvgIpc) is 3.45. The number of carbonyl (C=O) groups is 1. The Kier molecular flexibility index (Phi) is 8.07. The zero-order chi connectivity index (χ0) is 23.2. The Balaban J connectivity index is 1.51. The lowest BCUT2D eigenvalue weighted by Crippen LogP contribution is -2.38. The number of hydrogen-bond acceptors (Lipinski definition) is 8. The second-order valence-electron chi connectivity index (χ2n) is 7.59. The van der Waals surface area contributed by atoms with Crippen LogP contribution in [0.25, 0.3) is 11.4 Å². The van der Waals surface area contributed by atoms with Gasteiger partial charge in [0, 0.05) is 56.3 Å². The largest absolute Gasteiger partial charge is 0.379 e. The summed E-state index contributed by atoms with van der Waals surface area (Å²) in [6.07, 6.45) is 0. The van der Waals surface area contributed by atoms with E-state index in [-0.39, 0.29) is 11.7 Å². The molecule has 8 nitrogen and oxygen atoms in total. The van der Waals surface area contributed by atoms with Gasteiger partial charge in [0.05, 0.1) is 18.9 Å². The first kappa shape index (κ1) is 23.8. The molecule has 0 saturated carbocycles. The molecule has 1 aliphatic rings. The molecule has 3 heterocycles. The number of halogens is 1. The van der Waals surface area contributed by atoms with Gasteiger partial charge in [-0.05, 0) is 31.2 Å². The molecule has 1 aliphatic heterocycles. The lowest BCUT2D eigenvalue weighted by molar-refractivity contribution is -0.116. The van der Waals surface area contributed by atoms with Crippen molar-refractivity contribution < 1.29 is 13.9 Å². The van der Waals surface area contributed by atoms with Gasteiger partial charge in [0.1, 0.15) is 5.82 Å². The van der Waals surface area contributed by atoms with E-state index in [2.05, 4.69) is 24.6 Å². The highest BCUT2D eigenvalue weighted by Gasteiger charge is 2.18. The summed E-state index contributed by atoms with van der Waals surface area (Å²) in [7, 11) is 0. The van der Waals surface area contributed by atoms with Crippen molar-refractivity contribution in [1.29, 1.82) is 0 Å². The van der Waals surface area contributed by atoms with Crippen LogP contribution in [-0.2, 0) is 21.8 Å². The number of amides is 1. The van der Waals surface area contributed by atoms with E-state index in [0.29, 0.717) is 17.4 Å². The Bertz CT molecular complexity index is 1070. The minimum atomic E-state index is -0.279. The SMILES string of the molecule is CCN(C(C)=O)c1nc(CSc2nnc(-c3ccc(F)cc3)n2CCN2CCOCC2)cs1. The highest BCUT2D eigenvalue weighted by atomic mass is 32.2. The van der Waals surface area contributed by atoms with Gasteiger partial charge >= 0.3 is 0 Å². The maximum atomic E-state index is 13.4. The number of rotatable bonds is 9. The standard InChI is InChI=1S/C22H27FN6O2S2/c1-3-28(16(2)30)21-24-19(14-32-21)15-33-22-26-25-20(17-4-6-18(23)7-5-17)29(22)9-8-27-10-12-31-13-11-27/h4-7,14H,3,8-13,15H2,1-2H3. The number of thiazole rings is 1. The molecule has 0 spiro atoms. The Morgan fingerprint density at radius 1 is 1.21 bits per heavy atom. The Hall–Kier alpha value is -2.34. The average molecular weight is 491 g/mol. The molecule has 4 rings (SSSR count). The molecular formula is C22H27FN6O2S2. The summed E-state index contributed by atoms with van der Waals surface area (Å²) in [6.45, 7) is 8.95. The van der Waals surface area contributed by atoms with Crippen molar-refractivity contribution in [2.75, 3.05) is 44.3 Å². The molecule has 0 radical (unpaired) electrons. The third kappa shape index (κ3) is 5.97. The van der Waals surface area contributed by atoms with E-state index in [1.807, 2.05) is 12.3 Å². The molecule has 0 aliphatic carbocycles. The minimum Gasteiger partial charge on any atom is -0.379 e. The summed E-state index contributed by atoms with van der Waals surface area (Å²) in [4.78, 5) is 20.4. The van der Waals surface area contributed by atoms with Gasteiger partial charge in [-0.1, -0.05) is 11.8 Å². The summed E-state index contributed by atoms with van der Waals surface area (Å²) in [5.74, 6) is 1.04. The van der Waals surface area contributed by atoms with Crippen molar-refractivity contribution in [3.05, 3.63) is 41.2 Å². The van der Waals surface area contributed by atoms with Crippen LogP contribution in [0.2, 0.25) is 0 Å². The van der Waals surface area contributed by atoms with E-state index in [9.17, 15) is 9.18 Å². The van der Waals surface area contributed by atoms with Crippen LogP contribution in [0, 0.1) is 5.82 Å². The minimum absolute atomic E-state index is 0.0159. The molecule has 0 atom stereocenters. The van der Waals surface area contributed by atoms with Crippen molar-refractivity contribution in [2.45, 2.75) is 31.3 Å². The maximum absolute atomic E-state index is 13.4. The van der Waals surface area contributed by atoms with Crippen LogP contribution in [0.4, 0.5) is 9.52 Å². The molecule has 176 valence electrons. The number of carbonyl (C=O) groups excluding carboxylic acids is 1. The van der Waals surface area contributed by atoms with Gasteiger partial charge in [-0.25, -0.2) is 9.37 Å². The zero-order valence-corrected chi connectivity index (χ0v) is 20.4. The maximum Gasteiger partial charge on any atom is 0.225 e. The van der Waals surface area contributed by atoms with Gasteiger partial charge in [-0.2, -0.15) is 0 Å². The number of hydrogen-bond donors (Lipinski definition) is 0. The molecule has 1 amide bonds. The van der Waals surface area contributed by atoms with E-state index >= 15 is 0 Å².